The van der Waals surface area contributed by atoms with E-state index in [0.29, 0.717) is 18.7 Å². The van der Waals surface area contributed by atoms with E-state index in [1.807, 2.05) is 44.2 Å². The molecule has 0 unspecified atom stereocenters. The summed E-state index contributed by atoms with van der Waals surface area (Å²) in [4.78, 5) is 12.6. The van der Waals surface area contributed by atoms with Crippen LogP contribution in [0, 0.1) is 5.41 Å². The second kappa shape index (κ2) is 8.55. The number of hydrogen-bond acceptors (Lipinski definition) is 4. The maximum Gasteiger partial charge on any atom is 0.253 e. The molecular weight excluding hydrogens is 304 g/mol. The van der Waals surface area contributed by atoms with Gasteiger partial charge in [0.25, 0.3) is 5.91 Å². The lowest BCUT2D eigenvalue weighted by molar-refractivity contribution is 0.0851. The SMILES string of the molecule is CCC(CC)(CO)CNC(=O)c1ccccc1NCc1ccco1. The molecule has 24 heavy (non-hydrogen) atoms. The van der Waals surface area contributed by atoms with Crippen LogP contribution in [0.1, 0.15) is 42.8 Å². The Morgan fingerprint density at radius 1 is 1.17 bits per heavy atom. The summed E-state index contributed by atoms with van der Waals surface area (Å²) in [5.41, 5.74) is 1.09. The Kier molecular flexibility index (Phi) is 6.44. The number of aliphatic hydroxyl groups excluding tert-OH is 1. The molecule has 0 aliphatic carbocycles. The van der Waals surface area contributed by atoms with Crippen molar-refractivity contribution in [1.82, 2.24) is 5.32 Å². The largest absolute Gasteiger partial charge is 0.467 e. The second-order valence-corrected chi connectivity index (χ2v) is 6.03. The van der Waals surface area contributed by atoms with Crippen molar-refractivity contribution in [2.75, 3.05) is 18.5 Å². The van der Waals surface area contributed by atoms with Gasteiger partial charge in [0, 0.05) is 17.6 Å². The Hall–Kier alpha value is -2.27. The summed E-state index contributed by atoms with van der Waals surface area (Å²) < 4.78 is 5.30. The van der Waals surface area contributed by atoms with Crippen LogP contribution in [0.4, 0.5) is 5.69 Å². The molecular formula is C19H26N2O3. The number of furan rings is 1. The first kappa shape index (κ1) is 18.1. The molecule has 1 aromatic carbocycles. The third-order valence-corrected chi connectivity index (χ3v) is 4.66. The van der Waals surface area contributed by atoms with Crippen molar-refractivity contribution >= 4 is 11.6 Å². The fourth-order valence-corrected chi connectivity index (χ4v) is 2.57. The Labute approximate surface area is 143 Å². The minimum absolute atomic E-state index is 0.0681. The molecule has 0 saturated carbocycles. The molecule has 2 rings (SSSR count). The lowest BCUT2D eigenvalue weighted by Gasteiger charge is -2.29. The van der Waals surface area contributed by atoms with Gasteiger partial charge in [0.1, 0.15) is 5.76 Å². The summed E-state index contributed by atoms with van der Waals surface area (Å²) >= 11 is 0. The number of nitrogens with one attached hydrogen (secondary N) is 2. The fourth-order valence-electron chi connectivity index (χ4n) is 2.57. The van der Waals surface area contributed by atoms with Gasteiger partial charge in [0.2, 0.25) is 0 Å². The highest BCUT2D eigenvalue weighted by Gasteiger charge is 2.26. The molecule has 0 radical (unpaired) electrons. The van der Waals surface area contributed by atoms with E-state index in [9.17, 15) is 9.90 Å². The molecule has 1 amide bonds. The van der Waals surface area contributed by atoms with Gasteiger partial charge in [-0.05, 0) is 37.1 Å². The maximum atomic E-state index is 12.6. The molecule has 5 heteroatoms. The number of hydrogen-bond donors (Lipinski definition) is 3. The van der Waals surface area contributed by atoms with Crippen LogP contribution in [-0.2, 0) is 6.54 Å². The molecule has 0 aliphatic heterocycles. The van der Waals surface area contributed by atoms with E-state index >= 15 is 0 Å². The van der Waals surface area contributed by atoms with Crippen LogP contribution < -0.4 is 10.6 Å². The average molecular weight is 330 g/mol. The van der Waals surface area contributed by atoms with Gasteiger partial charge in [-0.1, -0.05) is 26.0 Å². The van der Waals surface area contributed by atoms with Gasteiger partial charge >= 0.3 is 0 Å². The lowest BCUT2D eigenvalue weighted by Crippen LogP contribution is -2.39. The van der Waals surface area contributed by atoms with Crippen LogP contribution in [0.2, 0.25) is 0 Å². The first-order valence-electron chi connectivity index (χ1n) is 8.38. The van der Waals surface area contributed by atoms with Crippen molar-refractivity contribution in [2.45, 2.75) is 33.2 Å². The molecule has 1 heterocycles. The predicted octanol–water partition coefficient (Wildman–Crippen LogP) is 3.42. The average Bonchev–Trinajstić information content (AvgIpc) is 3.15. The monoisotopic (exact) mass is 330 g/mol. The zero-order valence-corrected chi connectivity index (χ0v) is 14.3. The molecule has 0 spiro atoms. The third-order valence-electron chi connectivity index (χ3n) is 4.66. The minimum Gasteiger partial charge on any atom is -0.467 e. The lowest BCUT2D eigenvalue weighted by atomic mass is 9.83. The molecule has 0 aliphatic rings. The summed E-state index contributed by atoms with van der Waals surface area (Å²) in [7, 11) is 0. The zero-order valence-electron chi connectivity index (χ0n) is 14.3. The normalized spacial score (nSPS) is 11.3. The van der Waals surface area contributed by atoms with E-state index in [1.54, 1.807) is 12.3 Å². The van der Waals surface area contributed by atoms with Crippen molar-refractivity contribution in [3.63, 3.8) is 0 Å². The number of benzene rings is 1. The molecule has 130 valence electrons. The Morgan fingerprint density at radius 2 is 1.92 bits per heavy atom. The first-order valence-corrected chi connectivity index (χ1v) is 8.38. The molecule has 0 atom stereocenters. The van der Waals surface area contributed by atoms with Gasteiger partial charge in [0.15, 0.2) is 0 Å². The summed E-state index contributed by atoms with van der Waals surface area (Å²) in [6, 6.07) is 11.1. The highest BCUT2D eigenvalue weighted by Crippen LogP contribution is 2.25. The number of anilines is 1. The van der Waals surface area contributed by atoms with Crippen LogP contribution in [0.3, 0.4) is 0 Å². The molecule has 1 aromatic heterocycles. The standard InChI is InChI=1S/C19H26N2O3/c1-3-19(4-2,14-22)13-21-18(23)16-9-5-6-10-17(16)20-12-15-8-7-11-24-15/h5-11,20,22H,3-4,12-14H2,1-2H3,(H,21,23). The molecule has 2 aromatic rings. The van der Waals surface area contributed by atoms with Gasteiger partial charge in [-0.2, -0.15) is 0 Å². The van der Waals surface area contributed by atoms with Gasteiger partial charge in [-0.15, -0.1) is 0 Å². The summed E-state index contributed by atoms with van der Waals surface area (Å²) in [6.45, 7) is 5.11. The smallest absolute Gasteiger partial charge is 0.253 e. The van der Waals surface area contributed by atoms with Gasteiger partial charge in [0.05, 0.1) is 25.0 Å². The van der Waals surface area contributed by atoms with Crippen LogP contribution in [-0.4, -0.2) is 24.2 Å². The molecule has 3 N–H and O–H groups in total. The van der Waals surface area contributed by atoms with Gasteiger partial charge in [-0.25, -0.2) is 0 Å². The van der Waals surface area contributed by atoms with Gasteiger partial charge in [-0.3, -0.25) is 4.79 Å². The van der Waals surface area contributed by atoms with E-state index in [1.165, 1.54) is 0 Å². The predicted molar refractivity (Wildman–Crippen MR) is 94.9 cm³/mol. The quantitative estimate of drug-likeness (QED) is 0.658. The van der Waals surface area contributed by atoms with Crippen molar-refractivity contribution in [2.24, 2.45) is 5.41 Å². The van der Waals surface area contributed by atoms with Crippen LogP contribution in [0.15, 0.2) is 47.1 Å². The van der Waals surface area contributed by atoms with Gasteiger partial charge < -0.3 is 20.2 Å². The number of para-hydroxylation sites is 1. The number of carbonyl (C=O) groups is 1. The van der Waals surface area contributed by atoms with Crippen molar-refractivity contribution in [3.05, 3.63) is 54.0 Å². The Bertz CT molecular complexity index is 626. The van der Waals surface area contributed by atoms with Crippen molar-refractivity contribution < 1.29 is 14.3 Å². The molecule has 0 fully saturated rings. The Balaban J connectivity index is 2.03. The fraction of sp³-hybridized carbons (Fsp3) is 0.421. The number of aliphatic hydroxyl groups is 1. The molecule has 0 saturated heterocycles. The van der Waals surface area contributed by atoms with E-state index in [-0.39, 0.29) is 17.9 Å². The van der Waals surface area contributed by atoms with Crippen LogP contribution in [0.25, 0.3) is 0 Å². The summed E-state index contributed by atoms with van der Waals surface area (Å²) in [5.74, 6) is 0.666. The van der Waals surface area contributed by atoms with E-state index in [4.69, 9.17) is 4.42 Å². The second-order valence-electron chi connectivity index (χ2n) is 6.03. The first-order chi connectivity index (χ1) is 11.6. The third kappa shape index (κ3) is 4.38. The Morgan fingerprint density at radius 3 is 2.54 bits per heavy atom. The zero-order chi connectivity index (χ0) is 17.4. The topological polar surface area (TPSA) is 74.5 Å². The summed E-state index contributed by atoms with van der Waals surface area (Å²) in [6.07, 6.45) is 3.26. The van der Waals surface area contributed by atoms with E-state index < -0.39 is 0 Å². The van der Waals surface area contributed by atoms with E-state index in [0.717, 1.165) is 24.3 Å². The minimum atomic E-state index is -0.258. The number of amides is 1. The summed E-state index contributed by atoms with van der Waals surface area (Å²) in [5, 5.41) is 15.8. The number of rotatable bonds is 9. The highest BCUT2D eigenvalue weighted by atomic mass is 16.3. The van der Waals surface area contributed by atoms with Crippen LogP contribution >= 0.6 is 0 Å². The number of carbonyl (C=O) groups excluding carboxylic acids is 1. The highest BCUT2D eigenvalue weighted by molar-refractivity contribution is 5.99. The van der Waals surface area contributed by atoms with E-state index in [2.05, 4.69) is 10.6 Å². The molecule has 0 bridgehead atoms. The van der Waals surface area contributed by atoms with Crippen LogP contribution in [0.5, 0.6) is 0 Å². The maximum absolute atomic E-state index is 12.6. The van der Waals surface area contributed by atoms with Crippen molar-refractivity contribution in [1.29, 1.82) is 0 Å². The molecule has 5 nitrogen and oxygen atoms in total. The van der Waals surface area contributed by atoms with Crippen molar-refractivity contribution in [3.8, 4) is 0 Å².